The number of amides is 2. The van der Waals surface area contributed by atoms with Crippen molar-refractivity contribution >= 4 is 22.8 Å². The molecule has 1 aliphatic heterocycles. The van der Waals surface area contributed by atoms with Crippen LogP contribution in [0.5, 0.6) is 5.75 Å². The van der Waals surface area contributed by atoms with Crippen LogP contribution in [0.4, 0.5) is 17.6 Å². The number of fused-ring (bicyclic) bond motifs is 1. The van der Waals surface area contributed by atoms with Crippen LogP contribution in [0.1, 0.15) is 47.8 Å². The van der Waals surface area contributed by atoms with Crippen molar-refractivity contribution in [1.82, 2.24) is 25.2 Å². The van der Waals surface area contributed by atoms with Gasteiger partial charge in [-0.15, -0.1) is 0 Å². The second-order valence-corrected chi connectivity index (χ2v) is 10.1. The normalized spacial score (nSPS) is 19.5. The highest BCUT2D eigenvalue weighted by Gasteiger charge is 2.51. The highest BCUT2D eigenvalue weighted by atomic mass is 19.3. The summed E-state index contributed by atoms with van der Waals surface area (Å²) in [5, 5.41) is 11.8. The number of carbonyl (C=O) groups is 2. The number of aliphatic hydroxyl groups is 1. The SMILES string of the molecule is Cc1[nH]c2c(-c3cc(C(F)F)ccc3OCC3CC3)ncnc2c1C(=O)N[C@@H]1CN(C(=O)[C@H](C)O)CC1(F)F. The van der Waals surface area contributed by atoms with Gasteiger partial charge in [0.1, 0.15) is 35.4 Å². The standard InChI is InChI=1S/C26H27F4N5O4/c1-12-19(24(37)34-18-8-35(10-26(18,29)30)25(38)13(2)36)21-22(33-12)20(31-11-32-21)16-7-15(23(27)28)5-6-17(16)39-9-14-3-4-14/h5-7,11,13-14,18,23,33,36H,3-4,8-10H2,1-2H3,(H,34,37)/t13-,18+/m0/s1. The van der Waals surface area contributed by atoms with Gasteiger partial charge in [0.2, 0.25) is 0 Å². The monoisotopic (exact) mass is 549 g/mol. The zero-order chi connectivity index (χ0) is 28.1. The number of nitrogens with one attached hydrogen (secondary N) is 2. The number of H-pyrrole nitrogens is 1. The molecule has 0 unspecified atom stereocenters. The molecule has 208 valence electrons. The fourth-order valence-corrected chi connectivity index (χ4v) is 4.69. The van der Waals surface area contributed by atoms with Gasteiger partial charge in [0.15, 0.2) is 0 Å². The van der Waals surface area contributed by atoms with Crippen LogP contribution in [-0.4, -0.2) is 74.5 Å². The maximum atomic E-state index is 14.7. The molecule has 3 aromatic rings. The molecule has 2 amide bonds. The second kappa shape index (κ2) is 10.1. The lowest BCUT2D eigenvalue weighted by molar-refractivity contribution is -0.139. The average molecular weight is 550 g/mol. The van der Waals surface area contributed by atoms with Crippen molar-refractivity contribution in [3.8, 4) is 17.0 Å². The number of aromatic amines is 1. The Labute approximate surface area is 220 Å². The molecule has 1 saturated carbocycles. The fourth-order valence-electron chi connectivity index (χ4n) is 4.69. The fraction of sp³-hybridized carbons (Fsp3) is 0.462. The van der Waals surface area contributed by atoms with E-state index in [4.69, 9.17) is 4.74 Å². The van der Waals surface area contributed by atoms with Crippen LogP contribution < -0.4 is 10.1 Å². The van der Waals surface area contributed by atoms with E-state index in [9.17, 15) is 32.3 Å². The number of halogens is 4. The predicted molar refractivity (Wildman–Crippen MR) is 132 cm³/mol. The summed E-state index contributed by atoms with van der Waals surface area (Å²) in [4.78, 5) is 37.5. The summed E-state index contributed by atoms with van der Waals surface area (Å²) in [7, 11) is 0. The maximum Gasteiger partial charge on any atom is 0.286 e. The van der Waals surface area contributed by atoms with E-state index in [0.717, 1.165) is 24.1 Å². The lowest BCUT2D eigenvalue weighted by atomic mass is 10.0. The summed E-state index contributed by atoms with van der Waals surface area (Å²) in [5.41, 5.74) is 0.912. The molecule has 3 heterocycles. The molecule has 9 nitrogen and oxygen atoms in total. The van der Waals surface area contributed by atoms with Gasteiger partial charge in [0.25, 0.3) is 24.2 Å². The van der Waals surface area contributed by atoms with Crippen LogP contribution in [0.25, 0.3) is 22.3 Å². The summed E-state index contributed by atoms with van der Waals surface area (Å²) in [5.74, 6) is -4.40. The topological polar surface area (TPSA) is 120 Å². The van der Waals surface area contributed by atoms with Crippen molar-refractivity contribution in [2.24, 2.45) is 5.92 Å². The Hall–Kier alpha value is -3.74. The first-order chi connectivity index (χ1) is 18.5. The first kappa shape index (κ1) is 26.9. The lowest BCUT2D eigenvalue weighted by Crippen LogP contribution is -2.47. The minimum absolute atomic E-state index is 0.0183. The number of ether oxygens (including phenoxy) is 1. The van der Waals surface area contributed by atoms with E-state index in [1.54, 1.807) is 6.92 Å². The van der Waals surface area contributed by atoms with Gasteiger partial charge in [-0.25, -0.2) is 27.5 Å². The molecule has 2 fully saturated rings. The molecule has 13 heteroatoms. The third-order valence-corrected chi connectivity index (χ3v) is 6.97. The molecule has 3 N–H and O–H groups in total. The third kappa shape index (κ3) is 5.27. The van der Waals surface area contributed by atoms with Crippen molar-refractivity contribution in [1.29, 1.82) is 0 Å². The molecule has 39 heavy (non-hydrogen) atoms. The molecular formula is C26H27F4N5O4. The van der Waals surface area contributed by atoms with Crippen LogP contribution >= 0.6 is 0 Å². The van der Waals surface area contributed by atoms with Gasteiger partial charge in [-0.3, -0.25) is 9.59 Å². The van der Waals surface area contributed by atoms with Crippen molar-refractivity contribution in [2.75, 3.05) is 19.7 Å². The zero-order valence-corrected chi connectivity index (χ0v) is 21.2. The van der Waals surface area contributed by atoms with E-state index < -0.39 is 49.4 Å². The van der Waals surface area contributed by atoms with Crippen molar-refractivity contribution < 1.29 is 37.0 Å². The van der Waals surface area contributed by atoms with Crippen LogP contribution in [0.15, 0.2) is 24.5 Å². The molecule has 0 spiro atoms. The van der Waals surface area contributed by atoms with Crippen LogP contribution in [-0.2, 0) is 4.79 Å². The molecule has 2 aliphatic rings. The first-order valence-corrected chi connectivity index (χ1v) is 12.5. The highest BCUT2D eigenvalue weighted by Crippen LogP contribution is 2.38. The van der Waals surface area contributed by atoms with E-state index >= 15 is 0 Å². The molecule has 0 bridgehead atoms. The molecule has 1 saturated heterocycles. The second-order valence-electron chi connectivity index (χ2n) is 10.1. The van der Waals surface area contributed by atoms with Crippen LogP contribution in [0.3, 0.4) is 0 Å². The molecule has 5 rings (SSSR count). The smallest absolute Gasteiger partial charge is 0.286 e. The Morgan fingerprint density at radius 2 is 2.03 bits per heavy atom. The number of alkyl halides is 4. The van der Waals surface area contributed by atoms with Crippen LogP contribution in [0, 0.1) is 12.8 Å². The van der Waals surface area contributed by atoms with Gasteiger partial charge in [0, 0.05) is 23.4 Å². The number of aromatic nitrogens is 3. The van der Waals surface area contributed by atoms with E-state index in [1.807, 2.05) is 0 Å². The summed E-state index contributed by atoms with van der Waals surface area (Å²) in [6.45, 7) is 1.74. The summed E-state index contributed by atoms with van der Waals surface area (Å²) in [6, 6.07) is 2.32. The van der Waals surface area contributed by atoms with Crippen molar-refractivity contribution in [3.05, 3.63) is 41.3 Å². The largest absolute Gasteiger partial charge is 0.493 e. The molecule has 2 aromatic heterocycles. The summed E-state index contributed by atoms with van der Waals surface area (Å²) >= 11 is 0. The van der Waals surface area contributed by atoms with E-state index in [-0.39, 0.29) is 33.4 Å². The molecule has 1 aliphatic carbocycles. The van der Waals surface area contributed by atoms with Gasteiger partial charge >= 0.3 is 0 Å². The Bertz CT molecular complexity index is 1420. The quantitative estimate of drug-likeness (QED) is 0.369. The van der Waals surface area contributed by atoms with Gasteiger partial charge in [-0.1, -0.05) is 0 Å². The number of hydrogen-bond donors (Lipinski definition) is 3. The van der Waals surface area contributed by atoms with Gasteiger partial charge in [-0.2, -0.15) is 0 Å². The number of aryl methyl sites for hydroxylation is 1. The predicted octanol–water partition coefficient (Wildman–Crippen LogP) is 3.62. The van der Waals surface area contributed by atoms with Gasteiger partial charge < -0.3 is 25.0 Å². The number of benzene rings is 1. The number of rotatable bonds is 8. The average Bonchev–Trinajstić information content (AvgIpc) is 3.58. The molecular weight excluding hydrogens is 522 g/mol. The number of aliphatic hydroxyl groups excluding tert-OH is 1. The third-order valence-electron chi connectivity index (χ3n) is 6.97. The first-order valence-electron chi connectivity index (χ1n) is 12.5. The minimum atomic E-state index is -3.43. The molecule has 2 atom stereocenters. The van der Waals surface area contributed by atoms with Crippen molar-refractivity contribution in [2.45, 2.75) is 51.2 Å². The van der Waals surface area contributed by atoms with E-state index in [2.05, 4.69) is 20.3 Å². The Balaban J connectivity index is 1.49. The Morgan fingerprint density at radius 1 is 1.28 bits per heavy atom. The molecule has 0 radical (unpaired) electrons. The minimum Gasteiger partial charge on any atom is -0.493 e. The number of carbonyl (C=O) groups excluding carboxylic acids is 2. The summed E-state index contributed by atoms with van der Waals surface area (Å²) < 4.78 is 62.3. The van der Waals surface area contributed by atoms with Gasteiger partial charge in [0.05, 0.1) is 24.2 Å². The lowest BCUT2D eigenvalue weighted by Gasteiger charge is -2.18. The Morgan fingerprint density at radius 3 is 2.69 bits per heavy atom. The number of likely N-dealkylation sites (tertiary alicyclic amines) is 1. The molecule has 1 aromatic carbocycles. The Kier molecular flexibility index (Phi) is 6.95. The highest BCUT2D eigenvalue weighted by molar-refractivity contribution is 6.09. The van der Waals surface area contributed by atoms with Gasteiger partial charge in [-0.05, 0) is 50.8 Å². The maximum absolute atomic E-state index is 14.7. The van der Waals surface area contributed by atoms with Crippen molar-refractivity contribution in [3.63, 3.8) is 0 Å². The zero-order valence-electron chi connectivity index (χ0n) is 21.2. The number of nitrogens with zero attached hydrogens (tertiary/aromatic N) is 3. The summed E-state index contributed by atoms with van der Waals surface area (Å²) in [6.07, 6.45) is -0.973. The van der Waals surface area contributed by atoms with E-state index in [0.29, 0.717) is 24.0 Å². The van der Waals surface area contributed by atoms with Crippen LogP contribution in [0.2, 0.25) is 0 Å². The number of hydrogen-bond acceptors (Lipinski definition) is 6. The van der Waals surface area contributed by atoms with E-state index in [1.165, 1.54) is 25.1 Å².